The van der Waals surface area contributed by atoms with E-state index in [2.05, 4.69) is 41.1 Å². The summed E-state index contributed by atoms with van der Waals surface area (Å²) in [6.07, 6.45) is 0. The Morgan fingerprint density at radius 2 is 1.19 bits per heavy atom. The van der Waals surface area contributed by atoms with Crippen LogP contribution in [0.3, 0.4) is 0 Å². The van der Waals surface area contributed by atoms with E-state index >= 15 is 0 Å². The molecule has 0 spiro atoms. The van der Waals surface area contributed by atoms with Gasteiger partial charge in [-0.3, -0.25) is 28.3 Å². The number of phenolic OH excluding ortho intramolecular Hbond substituents is 2. The third-order valence-electron chi connectivity index (χ3n) is 9.00. The Kier molecular flexibility index (Phi) is 14.6. The monoisotopic (exact) mass is 1020 g/mol. The number of H-pyrrole nitrogens is 1. The maximum Gasteiger partial charge on any atom is 0.356 e. The van der Waals surface area contributed by atoms with Crippen molar-refractivity contribution < 1.29 is 83.5 Å². The fraction of sp³-hybridized carbons (Fsp3) is 0.132. The van der Waals surface area contributed by atoms with E-state index < -0.39 is 140 Å². The lowest BCUT2D eigenvalue weighted by Crippen LogP contribution is -2.14. The fourth-order valence-corrected chi connectivity index (χ4v) is 7.83. The summed E-state index contributed by atoms with van der Waals surface area (Å²) >= 11 is 0. The minimum atomic E-state index is -5.27. The van der Waals surface area contributed by atoms with Gasteiger partial charge in [0.25, 0.3) is 35.9 Å². The molecule has 6 aromatic rings. The predicted octanol–water partition coefficient (Wildman–Crippen LogP) is 5.12. The van der Waals surface area contributed by atoms with Crippen LogP contribution < -0.4 is 20.3 Å². The number of ether oxygens (including phenoxy) is 2. The number of fused-ring (bicyclic) bond motifs is 1. The van der Waals surface area contributed by atoms with Gasteiger partial charge in [0, 0.05) is 24.7 Å². The number of hydrogen-bond acceptors (Lipinski definition) is 21. The number of anilines is 1. The summed E-state index contributed by atoms with van der Waals surface area (Å²) in [6.45, 7) is -0.953. The van der Waals surface area contributed by atoms with Gasteiger partial charge in [0.2, 0.25) is 5.91 Å². The van der Waals surface area contributed by atoms with Crippen LogP contribution in [0.1, 0.15) is 17.4 Å². The van der Waals surface area contributed by atoms with E-state index in [0.29, 0.717) is 4.68 Å². The number of carbonyl (C=O) groups excluding carboxylic acids is 1. The Labute approximate surface area is 386 Å². The van der Waals surface area contributed by atoms with Gasteiger partial charge in [-0.05, 0) is 60.0 Å². The van der Waals surface area contributed by atoms with Gasteiger partial charge in [0.15, 0.2) is 22.9 Å². The number of nitrogens with zero attached hydrogens (tertiary/aromatic N) is 7. The van der Waals surface area contributed by atoms with Crippen molar-refractivity contribution in [3.8, 4) is 28.7 Å². The van der Waals surface area contributed by atoms with E-state index in [1.165, 1.54) is 6.07 Å². The van der Waals surface area contributed by atoms with Crippen LogP contribution in [0.25, 0.3) is 16.5 Å². The molecule has 1 amide bonds. The number of amides is 1. The molecule has 0 saturated carbocycles. The van der Waals surface area contributed by atoms with Crippen LogP contribution in [0.5, 0.6) is 23.0 Å². The van der Waals surface area contributed by atoms with Crippen molar-refractivity contribution in [1.82, 2.24) is 9.78 Å². The van der Waals surface area contributed by atoms with Crippen LogP contribution in [0.2, 0.25) is 0 Å². The second-order valence-electron chi connectivity index (χ2n) is 13.7. The molecule has 5 aromatic carbocycles. The number of aromatic amines is 1. The number of aromatic carboxylic acids is 1. The van der Waals surface area contributed by atoms with E-state index in [-0.39, 0.29) is 33.9 Å². The molecule has 0 saturated heterocycles. The predicted molar refractivity (Wildman–Crippen MR) is 235 cm³/mol. The number of aromatic nitrogens is 2. The van der Waals surface area contributed by atoms with Crippen molar-refractivity contribution in [3.63, 3.8) is 0 Å². The number of carboxylic acid groups (broad SMARTS) is 1. The molecule has 0 aliphatic carbocycles. The molecule has 1 aromatic heterocycles. The third kappa shape index (κ3) is 11.4. The highest BCUT2D eigenvalue weighted by molar-refractivity contribution is 7.86. The van der Waals surface area contributed by atoms with Gasteiger partial charge in [-0.15, -0.1) is 30.7 Å². The summed E-state index contributed by atoms with van der Waals surface area (Å²) in [5.74, 6) is -4.96. The van der Waals surface area contributed by atoms with Gasteiger partial charge < -0.3 is 40.3 Å². The molecule has 10 N–H and O–H groups in total. The summed E-state index contributed by atoms with van der Waals surface area (Å²) in [5, 5.41) is 78.6. The number of hydrogen-bond donors (Lipinski definition) is 10. The second kappa shape index (κ2) is 20.1. The molecule has 0 unspecified atom stereocenters. The molecule has 0 bridgehead atoms. The van der Waals surface area contributed by atoms with Crippen molar-refractivity contribution >= 4 is 92.8 Å². The third-order valence-corrected chi connectivity index (χ3v) is 11.6. The average molecular weight is 1020 g/mol. The molecular weight excluding hydrogens is 983 g/mol. The van der Waals surface area contributed by atoms with Crippen molar-refractivity contribution in [2.24, 2.45) is 30.7 Å². The first-order chi connectivity index (χ1) is 32.4. The van der Waals surface area contributed by atoms with Gasteiger partial charge in [0.05, 0.1) is 29.2 Å². The van der Waals surface area contributed by atoms with E-state index in [1.54, 1.807) is 0 Å². The highest BCUT2D eigenvalue weighted by Crippen LogP contribution is 2.49. The molecular formula is C38H33N9O19S3. The van der Waals surface area contributed by atoms with Crippen LogP contribution in [0.15, 0.2) is 123 Å². The summed E-state index contributed by atoms with van der Waals surface area (Å²) in [7, 11) is -14.9. The van der Waals surface area contributed by atoms with Crippen LogP contribution in [-0.2, 0) is 35.1 Å². The molecule has 362 valence electrons. The zero-order valence-corrected chi connectivity index (χ0v) is 37.1. The first-order valence-electron chi connectivity index (χ1n) is 18.9. The molecule has 6 rings (SSSR count). The number of azo groups is 3. The Morgan fingerprint density at radius 1 is 0.652 bits per heavy atom. The largest absolute Gasteiger partial charge is 0.505 e. The number of benzene rings is 5. The molecule has 0 radical (unpaired) electrons. The van der Waals surface area contributed by atoms with Gasteiger partial charge in [-0.2, -0.15) is 25.3 Å². The average Bonchev–Trinajstić information content (AvgIpc) is 3.61. The molecule has 69 heavy (non-hydrogen) atoms. The molecule has 1 heterocycles. The number of nitrogens with one attached hydrogen (secondary N) is 2. The van der Waals surface area contributed by atoms with Crippen LogP contribution in [0.4, 0.5) is 39.8 Å². The molecule has 0 aliphatic rings. The second-order valence-corrected chi connectivity index (χ2v) is 17.9. The van der Waals surface area contributed by atoms with E-state index in [9.17, 15) is 78.8 Å². The number of phenols is 2. The Hall–Kier alpha value is -8.04. The lowest BCUT2D eigenvalue weighted by atomic mass is 10.1. The van der Waals surface area contributed by atoms with Gasteiger partial charge >= 0.3 is 5.97 Å². The highest BCUT2D eigenvalue weighted by Gasteiger charge is 2.26. The van der Waals surface area contributed by atoms with Crippen molar-refractivity contribution in [2.75, 3.05) is 31.7 Å². The summed E-state index contributed by atoms with van der Waals surface area (Å²) in [4.78, 5) is 34.7. The fourth-order valence-electron chi connectivity index (χ4n) is 6.04. The van der Waals surface area contributed by atoms with Gasteiger partial charge in [0.1, 0.15) is 62.9 Å². The van der Waals surface area contributed by atoms with E-state index in [1.807, 2.05) is 0 Å². The van der Waals surface area contributed by atoms with E-state index in [0.717, 1.165) is 73.7 Å². The molecule has 0 aliphatic heterocycles. The smallest absolute Gasteiger partial charge is 0.356 e. The number of aliphatic hydroxyl groups is 2. The number of rotatable bonds is 18. The molecule has 31 heteroatoms. The Bertz CT molecular complexity index is 3540. The normalized spacial score (nSPS) is 12.4. The van der Waals surface area contributed by atoms with Crippen molar-refractivity contribution in [3.05, 3.63) is 88.8 Å². The lowest BCUT2D eigenvalue weighted by Gasteiger charge is -2.13. The zero-order valence-electron chi connectivity index (χ0n) is 34.7. The number of aromatic hydroxyl groups is 2. The minimum Gasteiger partial charge on any atom is -0.505 e. The molecule has 0 fully saturated rings. The van der Waals surface area contributed by atoms with Gasteiger partial charge in [-0.1, -0.05) is 6.07 Å². The van der Waals surface area contributed by atoms with Crippen molar-refractivity contribution in [1.29, 1.82) is 0 Å². The highest BCUT2D eigenvalue weighted by atomic mass is 32.2. The molecule has 28 nitrogen and oxygen atoms in total. The van der Waals surface area contributed by atoms with Crippen LogP contribution >= 0.6 is 0 Å². The van der Waals surface area contributed by atoms with Crippen LogP contribution in [-0.4, -0.2) is 113 Å². The first-order valence-corrected chi connectivity index (χ1v) is 23.2. The van der Waals surface area contributed by atoms with E-state index in [4.69, 9.17) is 9.47 Å². The Morgan fingerprint density at radius 3 is 1.71 bits per heavy atom. The van der Waals surface area contributed by atoms with Crippen molar-refractivity contribution in [2.45, 2.75) is 21.6 Å². The number of carbonyl (C=O) groups is 2. The summed E-state index contributed by atoms with van der Waals surface area (Å²) < 4.78 is 114. The summed E-state index contributed by atoms with van der Waals surface area (Å²) in [6, 6.07) is 12.2. The molecule has 0 atom stereocenters. The standard InChI is InChI=1S/C38H33N9O19S3/c1-18(50)39-20-3-9-23(29(15-20)68(59,60)61)40-41-24-8-2-19-14-30(69(62,63)64)32(36(52)31(19)35(24)51)44-42-25-16-28(66-13-11-49)26(17-27(25)65-12-10-48)43-45-33-34(38(54)55)46-47(37(33)53)21-4-6-22(7-5-21)67(56,57)58/h2-9,14-17,46,48-49,51-52H,10-13H2,1H3,(H,39,50)(H,54,55)(H,56,57,58)(H,59,60,61)(H,62,63,64). The minimum absolute atomic E-state index is 0.0306. The van der Waals surface area contributed by atoms with Gasteiger partial charge in [-0.25, -0.2) is 9.48 Å². The SMILES string of the molecule is CC(=O)Nc1ccc(N=Nc2ccc3cc(S(=O)(=O)O)c(N=Nc4cc(OCCO)c(N=Nc5c(C(=O)O)[nH]n(-c6ccc(S(=O)(=O)O)cc6)c5=O)cc4OCCO)c(O)c3c2O)c(S(=O)(=O)O)c1. The quantitative estimate of drug-likeness (QED) is 0.0394. The lowest BCUT2D eigenvalue weighted by molar-refractivity contribution is -0.114. The maximum atomic E-state index is 13.4. The Balaban J connectivity index is 1.45. The first kappa shape index (κ1) is 50.4. The number of aliphatic hydroxyl groups excluding tert-OH is 2. The topological polar surface area (TPSA) is 441 Å². The summed E-state index contributed by atoms with van der Waals surface area (Å²) in [5.41, 5.74) is -5.50. The maximum absolute atomic E-state index is 13.4. The zero-order chi connectivity index (χ0) is 50.6. The van der Waals surface area contributed by atoms with Crippen LogP contribution in [0, 0.1) is 0 Å². The number of carboxylic acids is 1.